The Morgan fingerprint density at radius 1 is 0.824 bits per heavy atom. The molecule has 1 aliphatic heterocycles. The monoisotopic (exact) mass is 480 g/mol. The van der Waals surface area contributed by atoms with Gasteiger partial charge in [0.2, 0.25) is 0 Å². The lowest BCUT2D eigenvalue weighted by Crippen LogP contribution is -2.37. The SMILES string of the molecule is Cc1c(C)c2c(c(C)c1OC(F)F)CCC(C)(CCCC(C)CCCC(C)CCCC(C)C)O2. The van der Waals surface area contributed by atoms with Crippen molar-refractivity contribution in [1.82, 2.24) is 0 Å². The Hall–Kier alpha value is -1.32. The van der Waals surface area contributed by atoms with Gasteiger partial charge in [0.05, 0.1) is 0 Å². The summed E-state index contributed by atoms with van der Waals surface area (Å²) in [4.78, 5) is 0. The summed E-state index contributed by atoms with van der Waals surface area (Å²) in [6.45, 7) is 14.5. The van der Waals surface area contributed by atoms with Gasteiger partial charge in [-0.05, 0) is 87.8 Å². The molecule has 0 saturated carbocycles. The van der Waals surface area contributed by atoms with Crippen LogP contribution in [0.2, 0.25) is 0 Å². The van der Waals surface area contributed by atoms with E-state index in [4.69, 9.17) is 9.47 Å². The smallest absolute Gasteiger partial charge is 0.387 e. The zero-order valence-electron chi connectivity index (χ0n) is 23.2. The fourth-order valence-electron chi connectivity index (χ4n) is 5.53. The third-order valence-electron chi connectivity index (χ3n) is 8.05. The molecule has 0 bridgehead atoms. The molecule has 3 atom stereocenters. The topological polar surface area (TPSA) is 18.5 Å². The molecule has 0 fully saturated rings. The summed E-state index contributed by atoms with van der Waals surface area (Å²) in [5.74, 6) is 3.64. The molecule has 2 rings (SSSR count). The maximum absolute atomic E-state index is 12.9. The molecule has 1 heterocycles. The van der Waals surface area contributed by atoms with Gasteiger partial charge < -0.3 is 9.47 Å². The summed E-state index contributed by atoms with van der Waals surface area (Å²) in [5, 5.41) is 0. The molecule has 2 nitrogen and oxygen atoms in total. The van der Waals surface area contributed by atoms with Gasteiger partial charge in [0.15, 0.2) is 0 Å². The van der Waals surface area contributed by atoms with E-state index in [1.54, 1.807) is 0 Å². The fraction of sp³-hybridized carbons (Fsp3) is 0.800. The molecule has 0 aliphatic carbocycles. The van der Waals surface area contributed by atoms with E-state index in [1.807, 2.05) is 20.8 Å². The Kier molecular flexibility index (Phi) is 11.2. The first-order valence-corrected chi connectivity index (χ1v) is 13.7. The molecular weight excluding hydrogens is 430 g/mol. The highest BCUT2D eigenvalue weighted by Crippen LogP contribution is 2.45. The maximum Gasteiger partial charge on any atom is 0.387 e. The number of rotatable bonds is 14. The minimum atomic E-state index is -2.81. The molecule has 34 heavy (non-hydrogen) atoms. The van der Waals surface area contributed by atoms with Crippen molar-refractivity contribution in [2.75, 3.05) is 0 Å². The van der Waals surface area contributed by atoms with E-state index in [0.29, 0.717) is 5.75 Å². The van der Waals surface area contributed by atoms with Gasteiger partial charge in [0, 0.05) is 5.56 Å². The van der Waals surface area contributed by atoms with E-state index in [0.717, 1.165) is 65.0 Å². The molecule has 0 N–H and O–H groups in total. The lowest BCUT2D eigenvalue weighted by molar-refractivity contribution is -0.0510. The standard InChI is InChI=1S/C30H50F2O2/c1-20(2)12-9-13-21(3)14-10-15-22(4)16-11-18-30(8)19-17-26-25(7)27(33-29(31)32)23(5)24(6)28(26)34-30/h20-22,29H,9-19H2,1-8H3. The molecule has 0 saturated heterocycles. The fourth-order valence-corrected chi connectivity index (χ4v) is 5.53. The summed E-state index contributed by atoms with van der Waals surface area (Å²) >= 11 is 0. The number of hydrogen-bond acceptors (Lipinski definition) is 2. The van der Waals surface area contributed by atoms with Crippen LogP contribution in [0, 0.1) is 38.5 Å². The zero-order valence-corrected chi connectivity index (χ0v) is 23.2. The van der Waals surface area contributed by atoms with Crippen molar-refractivity contribution in [1.29, 1.82) is 0 Å². The number of hydrogen-bond donors (Lipinski definition) is 0. The van der Waals surface area contributed by atoms with Gasteiger partial charge in [-0.2, -0.15) is 8.78 Å². The Balaban J connectivity index is 1.82. The minimum Gasteiger partial charge on any atom is -0.487 e. The number of alkyl halides is 2. The number of benzene rings is 1. The van der Waals surface area contributed by atoms with Crippen molar-refractivity contribution >= 4 is 0 Å². The predicted octanol–water partition coefficient (Wildman–Crippen LogP) is 9.74. The molecular formula is C30H50F2O2. The van der Waals surface area contributed by atoms with E-state index >= 15 is 0 Å². The van der Waals surface area contributed by atoms with Crippen LogP contribution in [0.3, 0.4) is 0 Å². The molecule has 4 heteroatoms. The van der Waals surface area contributed by atoms with Crippen LogP contribution in [-0.2, 0) is 6.42 Å². The quantitative estimate of drug-likeness (QED) is 0.264. The Labute approximate surface area is 208 Å². The summed E-state index contributed by atoms with van der Waals surface area (Å²) < 4.78 is 37.3. The van der Waals surface area contributed by atoms with Gasteiger partial charge in [0.25, 0.3) is 0 Å². The van der Waals surface area contributed by atoms with Crippen LogP contribution in [0.1, 0.15) is 121 Å². The molecule has 0 radical (unpaired) electrons. The lowest BCUT2D eigenvalue weighted by Gasteiger charge is -2.38. The van der Waals surface area contributed by atoms with E-state index in [9.17, 15) is 8.78 Å². The first kappa shape index (κ1) is 28.9. The van der Waals surface area contributed by atoms with Gasteiger partial charge in [-0.1, -0.05) is 72.6 Å². The van der Waals surface area contributed by atoms with E-state index in [-0.39, 0.29) is 5.60 Å². The molecule has 1 aromatic rings. The van der Waals surface area contributed by atoms with Crippen molar-refractivity contribution in [2.24, 2.45) is 17.8 Å². The second-order valence-electron chi connectivity index (χ2n) is 11.8. The Morgan fingerprint density at radius 2 is 1.38 bits per heavy atom. The van der Waals surface area contributed by atoms with Crippen LogP contribution in [0.25, 0.3) is 0 Å². The van der Waals surface area contributed by atoms with Crippen LogP contribution in [-0.4, -0.2) is 12.2 Å². The summed E-state index contributed by atoms with van der Waals surface area (Å²) in [6.07, 6.45) is 13.3. The van der Waals surface area contributed by atoms with Gasteiger partial charge in [-0.15, -0.1) is 0 Å². The first-order valence-electron chi connectivity index (χ1n) is 13.7. The molecule has 196 valence electrons. The molecule has 0 aromatic heterocycles. The van der Waals surface area contributed by atoms with Crippen molar-refractivity contribution in [2.45, 2.75) is 138 Å². The zero-order chi connectivity index (χ0) is 25.5. The van der Waals surface area contributed by atoms with E-state index in [2.05, 4.69) is 34.6 Å². The maximum atomic E-state index is 12.9. The van der Waals surface area contributed by atoms with E-state index < -0.39 is 6.61 Å². The molecule has 0 spiro atoms. The first-order chi connectivity index (χ1) is 15.9. The molecule has 3 unspecified atom stereocenters. The van der Waals surface area contributed by atoms with Crippen molar-refractivity contribution in [3.8, 4) is 11.5 Å². The van der Waals surface area contributed by atoms with Crippen LogP contribution < -0.4 is 9.47 Å². The largest absolute Gasteiger partial charge is 0.487 e. The predicted molar refractivity (Wildman–Crippen MR) is 139 cm³/mol. The van der Waals surface area contributed by atoms with Crippen molar-refractivity contribution in [3.63, 3.8) is 0 Å². The van der Waals surface area contributed by atoms with Gasteiger partial charge in [-0.25, -0.2) is 0 Å². The summed E-state index contributed by atoms with van der Waals surface area (Å²) in [5.41, 5.74) is 3.33. The molecule has 1 aromatic carbocycles. The van der Waals surface area contributed by atoms with Crippen molar-refractivity contribution < 1.29 is 18.3 Å². The van der Waals surface area contributed by atoms with Crippen LogP contribution in [0.15, 0.2) is 0 Å². The lowest BCUT2D eigenvalue weighted by atomic mass is 9.83. The second kappa shape index (κ2) is 13.1. The van der Waals surface area contributed by atoms with Gasteiger partial charge >= 0.3 is 6.61 Å². The van der Waals surface area contributed by atoms with Crippen molar-refractivity contribution in [3.05, 3.63) is 22.3 Å². The van der Waals surface area contributed by atoms with Crippen LogP contribution in [0.4, 0.5) is 8.78 Å². The number of halogens is 2. The highest BCUT2D eigenvalue weighted by Gasteiger charge is 2.34. The van der Waals surface area contributed by atoms with E-state index in [1.165, 1.54) is 51.4 Å². The second-order valence-corrected chi connectivity index (χ2v) is 11.8. The molecule has 1 aliphatic rings. The molecule has 0 amide bonds. The Morgan fingerprint density at radius 3 is 1.94 bits per heavy atom. The average molecular weight is 481 g/mol. The third kappa shape index (κ3) is 8.41. The van der Waals surface area contributed by atoms with Gasteiger partial charge in [0.1, 0.15) is 17.1 Å². The average Bonchev–Trinajstić information content (AvgIpc) is 2.74. The number of ether oxygens (including phenoxy) is 2. The summed E-state index contributed by atoms with van der Waals surface area (Å²) in [6, 6.07) is 0. The van der Waals surface area contributed by atoms with Gasteiger partial charge in [-0.3, -0.25) is 0 Å². The summed E-state index contributed by atoms with van der Waals surface area (Å²) in [7, 11) is 0. The minimum absolute atomic E-state index is 0.188. The Bertz CT molecular complexity index is 774. The third-order valence-corrected chi connectivity index (χ3v) is 8.05. The number of fused-ring (bicyclic) bond motifs is 1. The van der Waals surface area contributed by atoms with Crippen LogP contribution in [0.5, 0.6) is 11.5 Å². The highest BCUT2D eigenvalue weighted by atomic mass is 19.3. The van der Waals surface area contributed by atoms with Crippen LogP contribution >= 0.6 is 0 Å². The normalized spacial score (nSPS) is 19.8. The highest BCUT2D eigenvalue weighted by molar-refractivity contribution is 5.59.